The second-order valence-electron chi connectivity index (χ2n) is 6.62. The summed E-state index contributed by atoms with van der Waals surface area (Å²) in [6.07, 6.45) is -0.783. The summed E-state index contributed by atoms with van der Waals surface area (Å²) in [5.74, 6) is 0.806. The molecule has 2 aromatic carbocycles. The summed E-state index contributed by atoms with van der Waals surface area (Å²) < 4.78 is 14.8. The summed E-state index contributed by atoms with van der Waals surface area (Å²) in [6.45, 7) is 3.72. The lowest BCUT2D eigenvalue weighted by Gasteiger charge is -2.35. The van der Waals surface area contributed by atoms with E-state index in [1.165, 1.54) is 0 Å². The number of nitrogens with zero attached hydrogens (tertiary/aromatic N) is 2. The maximum atomic E-state index is 12.7. The lowest BCUT2D eigenvalue weighted by molar-refractivity contribution is 0.0535. The highest BCUT2D eigenvalue weighted by Crippen LogP contribution is 2.17. The average molecular weight is 412 g/mol. The van der Waals surface area contributed by atoms with Gasteiger partial charge in [0.25, 0.3) is 11.8 Å². The monoisotopic (exact) mass is 412 g/mol. The minimum Gasteiger partial charge on any atom is -0.497 e. The second kappa shape index (κ2) is 9.78. The molecule has 158 valence electrons. The van der Waals surface area contributed by atoms with E-state index in [-0.39, 0.29) is 18.4 Å². The van der Waals surface area contributed by atoms with Crippen LogP contribution in [-0.4, -0.2) is 67.7 Å². The van der Waals surface area contributed by atoms with Crippen LogP contribution in [0.1, 0.15) is 27.6 Å². The van der Waals surface area contributed by atoms with Crippen LogP contribution < -0.4 is 9.47 Å². The Kier molecular flexibility index (Phi) is 6.90. The Morgan fingerprint density at radius 2 is 1.20 bits per heavy atom. The van der Waals surface area contributed by atoms with E-state index in [4.69, 9.17) is 14.2 Å². The fourth-order valence-corrected chi connectivity index (χ4v) is 3.12. The van der Waals surface area contributed by atoms with E-state index >= 15 is 0 Å². The number of carbonyl (C=O) groups excluding carboxylic acids is 3. The van der Waals surface area contributed by atoms with Crippen molar-refractivity contribution in [3.63, 3.8) is 0 Å². The van der Waals surface area contributed by atoms with E-state index < -0.39 is 6.16 Å². The summed E-state index contributed by atoms with van der Waals surface area (Å²) in [6, 6.07) is 13.3. The van der Waals surface area contributed by atoms with Crippen LogP contribution in [0, 0.1) is 0 Å². The van der Waals surface area contributed by atoms with Gasteiger partial charge in [0.15, 0.2) is 0 Å². The van der Waals surface area contributed by atoms with Crippen molar-refractivity contribution in [2.75, 3.05) is 39.9 Å². The van der Waals surface area contributed by atoms with Crippen molar-refractivity contribution < 1.29 is 28.6 Å². The third-order valence-corrected chi connectivity index (χ3v) is 4.76. The van der Waals surface area contributed by atoms with Gasteiger partial charge in [-0.15, -0.1) is 0 Å². The lowest BCUT2D eigenvalue weighted by atomic mass is 10.1. The van der Waals surface area contributed by atoms with Gasteiger partial charge in [-0.2, -0.15) is 0 Å². The van der Waals surface area contributed by atoms with E-state index in [1.54, 1.807) is 72.4 Å². The summed E-state index contributed by atoms with van der Waals surface area (Å²) >= 11 is 0. The first-order valence-corrected chi connectivity index (χ1v) is 9.69. The Bertz CT molecular complexity index is 887. The van der Waals surface area contributed by atoms with Gasteiger partial charge in [0, 0.05) is 37.3 Å². The van der Waals surface area contributed by atoms with Crippen LogP contribution in [0.25, 0.3) is 0 Å². The Labute approximate surface area is 174 Å². The van der Waals surface area contributed by atoms with Gasteiger partial charge in [-0.25, -0.2) is 4.79 Å². The molecule has 0 bridgehead atoms. The Hall–Kier alpha value is -3.55. The first kappa shape index (κ1) is 21.2. The van der Waals surface area contributed by atoms with E-state index in [1.807, 2.05) is 0 Å². The van der Waals surface area contributed by atoms with Crippen molar-refractivity contribution in [3.05, 3.63) is 59.7 Å². The molecule has 8 heteroatoms. The van der Waals surface area contributed by atoms with Gasteiger partial charge >= 0.3 is 6.16 Å². The van der Waals surface area contributed by atoms with Crippen LogP contribution in [0.15, 0.2) is 48.5 Å². The van der Waals surface area contributed by atoms with Gasteiger partial charge in [-0.1, -0.05) is 0 Å². The standard InChI is InChI=1S/C22H24N2O6/c1-3-29-22(27)30-19-10-6-17(7-11-19)21(26)24-14-12-23(13-15-24)20(25)16-4-8-18(28-2)9-5-16/h4-11H,3,12-15H2,1-2H3. The number of piperazine rings is 1. The van der Waals surface area contributed by atoms with Crippen LogP contribution in [-0.2, 0) is 4.74 Å². The van der Waals surface area contributed by atoms with Crippen molar-refractivity contribution in [3.8, 4) is 11.5 Å². The highest BCUT2D eigenvalue weighted by Gasteiger charge is 2.25. The first-order valence-electron chi connectivity index (χ1n) is 9.69. The van der Waals surface area contributed by atoms with Crippen molar-refractivity contribution in [1.82, 2.24) is 9.80 Å². The second-order valence-corrected chi connectivity index (χ2v) is 6.62. The molecule has 1 aliphatic heterocycles. The van der Waals surface area contributed by atoms with Crippen LogP contribution in [0.4, 0.5) is 4.79 Å². The van der Waals surface area contributed by atoms with Crippen molar-refractivity contribution >= 4 is 18.0 Å². The van der Waals surface area contributed by atoms with Crippen LogP contribution in [0.5, 0.6) is 11.5 Å². The minimum absolute atomic E-state index is 0.0646. The van der Waals surface area contributed by atoms with Crippen molar-refractivity contribution in [2.45, 2.75) is 6.92 Å². The van der Waals surface area contributed by atoms with Crippen molar-refractivity contribution in [2.24, 2.45) is 0 Å². The van der Waals surface area contributed by atoms with E-state index in [9.17, 15) is 14.4 Å². The topological polar surface area (TPSA) is 85.4 Å². The number of methoxy groups -OCH3 is 1. The summed E-state index contributed by atoms with van der Waals surface area (Å²) in [4.78, 5) is 40.2. The third kappa shape index (κ3) is 5.08. The molecule has 1 fully saturated rings. The third-order valence-electron chi connectivity index (χ3n) is 4.76. The molecule has 30 heavy (non-hydrogen) atoms. The highest BCUT2D eigenvalue weighted by molar-refractivity contribution is 5.96. The molecule has 2 amide bonds. The molecule has 0 spiro atoms. The number of hydrogen-bond donors (Lipinski definition) is 0. The zero-order chi connectivity index (χ0) is 21.5. The Morgan fingerprint density at radius 1 is 0.767 bits per heavy atom. The molecule has 8 nitrogen and oxygen atoms in total. The van der Waals surface area contributed by atoms with E-state index in [0.717, 1.165) is 0 Å². The number of hydrogen-bond acceptors (Lipinski definition) is 6. The smallest absolute Gasteiger partial charge is 0.497 e. The van der Waals surface area contributed by atoms with Gasteiger partial charge in [-0.3, -0.25) is 9.59 Å². The number of carbonyl (C=O) groups is 3. The molecule has 0 aliphatic carbocycles. The molecular weight excluding hydrogens is 388 g/mol. The van der Waals surface area contributed by atoms with E-state index in [0.29, 0.717) is 48.8 Å². The Morgan fingerprint density at radius 3 is 1.60 bits per heavy atom. The maximum absolute atomic E-state index is 12.7. The molecule has 0 saturated carbocycles. The molecule has 1 heterocycles. The summed E-state index contributed by atoms with van der Waals surface area (Å²) in [5, 5.41) is 0. The summed E-state index contributed by atoms with van der Waals surface area (Å²) in [5.41, 5.74) is 1.08. The zero-order valence-corrected chi connectivity index (χ0v) is 17.0. The Balaban J connectivity index is 1.54. The molecule has 0 unspecified atom stereocenters. The van der Waals surface area contributed by atoms with Gasteiger partial charge in [-0.05, 0) is 55.5 Å². The molecule has 0 aromatic heterocycles. The van der Waals surface area contributed by atoms with Crippen LogP contribution >= 0.6 is 0 Å². The average Bonchev–Trinajstić information content (AvgIpc) is 2.79. The van der Waals surface area contributed by atoms with Gasteiger partial charge in [0.2, 0.25) is 0 Å². The normalized spacial score (nSPS) is 13.5. The van der Waals surface area contributed by atoms with E-state index in [2.05, 4.69) is 0 Å². The van der Waals surface area contributed by atoms with Crippen molar-refractivity contribution in [1.29, 1.82) is 0 Å². The molecule has 0 radical (unpaired) electrons. The maximum Gasteiger partial charge on any atom is 0.513 e. The fraction of sp³-hybridized carbons (Fsp3) is 0.318. The highest BCUT2D eigenvalue weighted by atomic mass is 16.7. The fourth-order valence-electron chi connectivity index (χ4n) is 3.12. The number of ether oxygens (including phenoxy) is 3. The minimum atomic E-state index is -0.783. The van der Waals surface area contributed by atoms with Crippen LogP contribution in [0.2, 0.25) is 0 Å². The molecule has 1 saturated heterocycles. The molecule has 2 aromatic rings. The predicted molar refractivity (Wildman–Crippen MR) is 109 cm³/mol. The SMILES string of the molecule is CCOC(=O)Oc1ccc(C(=O)N2CCN(C(=O)c3ccc(OC)cc3)CC2)cc1. The molecule has 0 N–H and O–H groups in total. The molecule has 3 rings (SSSR count). The summed E-state index contributed by atoms with van der Waals surface area (Å²) in [7, 11) is 1.58. The lowest BCUT2D eigenvalue weighted by Crippen LogP contribution is -2.50. The zero-order valence-electron chi connectivity index (χ0n) is 17.0. The predicted octanol–water partition coefficient (Wildman–Crippen LogP) is 2.83. The number of benzene rings is 2. The molecular formula is C22H24N2O6. The molecule has 0 atom stereocenters. The number of amides is 2. The van der Waals surface area contributed by atoms with Gasteiger partial charge in [0.1, 0.15) is 11.5 Å². The largest absolute Gasteiger partial charge is 0.513 e. The van der Waals surface area contributed by atoms with Gasteiger partial charge in [0.05, 0.1) is 13.7 Å². The van der Waals surface area contributed by atoms with Gasteiger partial charge < -0.3 is 24.0 Å². The quantitative estimate of drug-likeness (QED) is 0.555. The molecule has 1 aliphatic rings. The number of rotatable bonds is 5. The first-order chi connectivity index (χ1) is 14.5. The van der Waals surface area contributed by atoms with Crippen LogP contribution in [0.3, 0.4) is 0 Å².